The molecule has 0 saturated carbocycles. The zero-order valence-electron chi connectivity index (χ0n) is 12.4. The van der Waals surface area contributed by atoms with Gasteiger partial charge in [-0.05, 0) is 25.1 Å². The molecule has 2 aromatic rings. The van der Waals surface area contributed by atoms with Crippen LogP contribution in [0.4, 0.5) is 5.69 Å². The van der Waals surface area contributed by atoms with Crippen molar-refractivity contribution < 1.29 is 22.4 Å². The van der Waals surface area contributed by atoms with Gasteiger partial charge in [0.1, 0.15) is 5.56 Å². The summed E-state index contributed by atoms with van der Waals surface area (Å²) in [4.78, 5) is 20.1. The molecule has 0 bridgehead atoms. The zero-order chi connectivity index (χ0) is 17.9. The van der Waals surface area contributed by atoms with Crippen LogP contribution in [0.25, 0.3) is 0 Å². The minimum absolute atomic E-state index is 0.279. The largest absolute Gasteiger partial charge is 0.362 e. The van der Waals surface area contributed by atoms with E-state index >= 15 is 0 Å². The van der Waals surface area contributed by atoms with Gasteiger partial charge in [0, 0.05) is 6.07 Å². The Kier molecular flexibility index (Phi) is 4.90. The summed E-state index contributed by atoms with van der Waals surface area (Å²) >= 11 is 0. The molecule has 0 fully saturated rings. The lowest BCUT2D eigenvalue weighted by Crippen LogP contribution is -2.20. The maximum Gasteiger partial charge on any atom is 0.362 e. The molecule has 0 radical (unpaired) electrons. The van der Waals surface area contributed by atoms with Gasteiger partial charge in [0.25, 0.3) is 5.69 Å². The van der Waals surface area contributed by atoms with Gasteiger partial charge in [0.15, 0.2) is 0 Å². The number of hydrogen-bond donors (Lipinski definition) is 0. The molecule has 0 aromatic heterocycles. The fraction of sp³-hybridized carbons (Fsp3) is 0.143. The molecule has 0 spiro atoms. The number of rotatable bonds is 6. The lowest BCUT2D eigenvalue weighted by Gasteiger charge is -2.11. The quantitative estimate of drug-likeness (QED) is 0.338. The highest BCUT2D eigenvalue weighted by atomic mass is 32.2. The fourth-order valence-corrected chi connectivity index (χ4v) is 2.94. The summed E-state index contributed by atoms with van der Waals surface area (Å²) in [6.45, 7) is 1.74. The van der Waals surface area contributed by atoms with E-state index in [4.69, 9.17) is 0 Å². The van der Waals surface area contributed by atoms with Gasteiger partial charge in [-0.15, -0.1) is 0 Å². The average molecular weight is 352 g/mol. The summed E-state index contributed by atoms with van der Waals surface area (Å²) in [5.74, 6) is 0. The number of aryl methyl sites for hydroxylation is 1. The molecular formula is C14H12N2O7S. The van der Waals surface area contributed by atoms with Crippen molar-refractivity contribution >= 4 is 15.8 Å². The molecule has 0 aliphatic carbocycles. The topological polar surface area (TPSA) is 130 Å². The Morgan fingerprint density at radius 1 is 1.00 bits per heavy atom. The van der Waals surface area contributed by atoms with E-state index in [0.717, 1.165) is 17.7 Å². The molecule has 10 heteroatoms. The van der Waals surface area contributed by atoms with Crippen molar-refractivity contribution in [2.24, 2.45) is 0 Å². The maximum absolute atomic E-state index is 12.2. The first-order valence-corrected chi connectivity index (χ1v) is 8.00. The van der Waals surface area contributed by atoms with E-state index in [9.17, 15) is 28.6 Å². The molecule has 2 rings (SSSR count). The van der Waals surface area contributed by atoms with Crippen molar-refractivity contribution in [3.8, 4) is 0 Å². The Labute approximate surface area is 136 Å². The summed E-state index contributed by atoms with van der Waals surface area (Å²) in [7, 11) is -4.48. The van der Waals surface area contributed by atoms with E-state index in [1.165, 1.54) is 36.4 Å². The van der Waals surface area contributed by atoms with Crippen LogP contribution in [0.3, 0.4) is 0 Å². The van der Waals surface area contributed by atoms with Crippen LogP contribution in [0, 0.1) is 27.2 Å². The number of nitrogens with zero attached hydrogens (tertiary/aromatic N) is 2. The lowest BCUT2D eigenvalue weighted by molar-refractivity contribution is -0.571. The van der Waals surface area contributed by atoms with E-state index in [-0.39, 0.29) is 4.90 Å². The third-order valence-electron chi connectivity index (χ3n) is 3.12. The predicted molar refractivity (Wildman–Crippen MR) is 82.3 cm³/mol. The molecule has 0 amide bonds. The number of hydrogen-bond acceptors (Lipinski definition) is 7. The molecular weight excluding hydrogens is 340 g/mol. The second-order valence-corrected chi connectivity index (χ2v) is 6.39. The summed E-state index contributed by atoms with van der Waals surface area (Å²) < 4.78 is 29.1. The highest BCUT2D eigenvalue weighted by Crippen LogP contribution is 2.30. The molecule has 24 heavy (non-hydrogen) atoms. The number of benzene rings is 2. The summed E-state index contributed by atoms with van der Waals surface area (Å²) in [5, 5.41) is 22.2. The van der Waals surface area contributed by atoms with Gasteiger partial charge >= 0.3 is 16.3 Å². The van der Waals surface area contributed by atoms with Crippen molar-refractivity contribution in [2.45, 2.75) is 18.0 Å². The minimum Gasteiger partial charge on any atom is -0.261 e. The van der Waals surface area contributed by atoms with Crippen molar-refractivity contribution in [2.75, 3.05) is 0 Å². The van der Waals surface area contributed by atoms with Gasteiger partial charge in [-0.1, -0.05) is 29.8 Å². The molecule has 0 N–H and O–H groups in total. The van der Waals surface area contributed by atoms with Crippen molar-refractivity contribution in [3.63, 3.8) is 0 Å². The SMILES string of the molecule is Cc1ccc(S(=O)(=O)OC(c2ccccc2[N+](=O)[O-])[N+](=O)[O-])cc1. The third-order valence-corrected chi connectivity index (χ3v) is 4.40. The van der Waals surface area contributed by atoms with Gasteiger partial charge < -0.3 is 0 Å². The van der Waals surface area contributed by atoms with E-state index in [1.807, 2.05) is 0 Å². The van der Waals surface area contributed by atoms with Crippen LogP contribution in [0.15, 0.2) is 53.4 Å². The molecule has 1 atom stereocenters. The first-order valence-electron chi connectivity index (χ1n) is 6.59. The first-order chi connectivity index (χ1) is 11.2. The first kappa shape index (κ1) is 17.5. The number of nitro benzene ring substituents is 1. The van der Waals surface area contributed by atoms with Crippen LogP contribution in [0.1, 0.15) is 17.4 Å². The molecule has 0 heterocycles. The van der Waals surface area contributed by atoms with E-state index in [1.54, 1.807) is 6.92 Å². The monoisotopic (exact) mass is 352 g/mol. The Morgan fingerprint density at radius 3 is 2.12 bits per heavy atom. The Hall–Kier alpha value is -2.85. The molecule has 0 aliphatic rings. The second kappa shape index (κ2) is 6.72. The number of nitro groups is 2. The van der Waals surface area contributed by atoms with E-state index in [0.29, 0.717) is 0 Å². The Morgan fingerprint density at radius 2 is 1.58 bits per heavy atom. The van der Waals surface area contributed by atoms with Crippen molar-refractivity contribution in [1.82, 2.24) is 0 Å². The zero-order valence-corrected chi connectivity index (χ0v) is 13.2. The second-order valence-electron chi connectivity index (χ2n) is 4.82. The Bertz CT molecular complexity index is 878. The standard InChI is InChI=1S/C14H12N2O7S/c1-10-6-8-11(9-7-10)24(21,22)23-14(16(19)20)12-4-2-3-5-13(12)15(17)18/h2-9,14H,1H3. The molecule has 9 nitrogen and oxygen atoms in total. The smallest absolute Gasteiger partial charge is 0.261 e. The van der Waals surface area contributed by atoms with Crippen molar-refractivity contribution in [1.29, 1.82) is 0 Å². The van der Waals surface area contributed by atoms with E-state index in [2.05, 4.69) is 4.18 Å². The summed E-state index contributed by atoms with van der Waals surface area (Å²) in [6, 6.07) is 10.2. The summed E-state index contributed by atoms with van der Waals surface area (Å²) in [6.07, 6.45) is -2.22. The molecule has 126 valence electrons. The predicted octanol–water partition coefficient (Wildman–Crippen LogP) is 2.58. The average Bonchev–Trinajstić information content (AvgIpc) is 2.53. The Balaban J connectivity index is 2.45. The van der Waals surface area contributed by atoms with Gasteiger partial charge in [0.2, 0.25) is 0 Å². The van der Waals surface area contributed by atoms with E-state index < -0.39 is 37.4 Å². The fourth-order valence-electron chi connectivity index (χ4n) is 1.94. The van der Waals surface area contributed by atoms with Crippen molar-refractivity contribution in [3.05, 3.63) is 79.9 Å². The van der Waals surface area contributed by atoms with Gasteiger partial charge in [-0.3, -0.25) is 20.2 Å². The third kappa shape index (κ3) is 3.73. The highest BCUT2D eigenvalue weighted by molar-refractivity contribution is 7.86. The van der Waals surface area contributed by atoms with Crippen LogP contribution in [0.2, 0.25) is 0 Å². The molecule has 1 unspecified atom stereocenters. The minimum atomic E-state index is -4.48. The lowest BCUT2D eigenvalue weighted by atomic mass is 10.1. The molecule has 0 aliphatic heterocycles. The number of para-hydroxylation sites is 1. The van der Waals surface area contributed by atoms with Gasteiger partial charge in [0.05, 0.1) is 14.7 Å². The van der Waals surface area contributed by atoms with Crippen LogP contribution in [-0.4, -0.2) is 18.3 Å². The summed E-state index contributed by atoms with van der Waals surface area (Å²) in [5.41, 5.74) is -0.264. The van der Waals surface area contributed by atoms with Crippen LogP contribution >= 0.6 is 0 Å². The van der Waals surface area contributed by atoms with Crippen LogP contribution < -0.4 is 0 Å². The normalized spacial score (nSPS) is 12.5. The molecule has 0 saturated heterocycles. The van der Waals surface area contributed by atoms with Gasteiger partial charge in [-0.2, -0.15) is 12.6 Å². The van der Waals surface area contributed by atoms with Crippen LogP contribution in [0.5, 0.6) is 0 Å². The highest BCUT2D eigenvalue weighted by Gasteiger charge is 2.36. The van der Waals surface area contributed by atoms with Gasteiger partial charge in [-0.25, -0.2) is 0 Å². The molecule has 2 aromatic carbocycles. The maximum atomic E-state index is 12.2. The van der Waals surface area contributed by atoms with Crippen LogP contribution in [-0.2, 0) is 14.3 Å².